The van der Waals surface area contributed by atoms with E-state index in [4.69, 9.17) is 4.98 Å². The van der Waals surface area contributed by atoms with Crippen molar-refractivity contribution in [3.63, 3.8) is 0 Å². The molecule has 2 aromatic carbocycles. The first-order valence-electron chi connectivity index (χ1n) is 10.2. The zero-order valence-electron chi connectivity index (χ0n) is 17.4. The minimum atomic E-state index is -2.41. The highest BCUT2D eigenvalue weighted by Gasteiger charge is 2.21. The molecule has 10 heteroatoms. The molecule has 5 rings (SSSR count). The first kappa shape index (κ1) is 20.9. The predicted molar refractivity (Wildman–Crippen MR) is 131 cm³/mol. The number of rotatable bonds is 3. The van der Waals surface area contributed by atoms with Gasteiger partial charge in [-0.15, -0.1) is 0 Å². The highest BCUT2D eigenvalue weighted by Crippen LogP contribution is 2.27. The monoisotopic (exact) mass is 512 g/mol. The summed E-state index contributed by atoms with van der Waals surface area (Å²) in [6, 6.07) is 14.0. The summed E-state index contributed by atoms with van der Waals surface area (Å²) in [5.74, 6) is 1.13. The third-order valence-electron chi connectivity index (χ3n) is 5.43. The van der Waals surface area contributed by atoms with Crippen molar-refractivity contribution in [2.45, 2.75) is 6.92 Å². The molecule has 8 nitrogen and oxygen atoms in total. The van der Waals surface area contributed by atoms with E-state index in [9.17, 15) is 9.00 Å². The standard InChI is InChI=1S/C22H21BrN6O2S/c1-15(30)27-32(31)12-10-28(11-13-32)18-5-3-17(4-6-18)25-21-22-24-8-9-29(22)20-14-16(23)2-7-19(20)26-21/h2-9,14H,10-13H2,1H3,(H,25,26). The van der Waals surface area contributed by atoms with E-state index in [1.165, 1.54) is 6.92 Å². The van der Waals surface area contributed by atoms with E-state index in [1.807, 2.05) is 53.1 Å². The predicted octanol–water partition coefficient (Wildman–Crippen LogP) is 4.22. The number of hydrogen-bond acceptors (Lipinski definition) is 6. The van der Waals surface area contributed by atoms with Gasteiger partial charge in [-0.3, -0.25) is 9.20 Å². The number of benzene rings is 2. The van der Waals surface area contributed by atoms with Gasteiger partial charge in [-0.25, -0.2) is 14.2 Å². The molecule has 1 N–H and O–H groups in total. The van der Waals surface area contributed by atoms with Gasteiger partial charge in [0.25, 0.3) is 5.91 Å². The van der Waals surface area contributed by atoms with Crippen LogP contribution in [0.3, 0.4) is 0 Å². The summed E-state index contributed by atoms with van der Waals surface area (Å²) in [4.78, 5) is 22.6. The van der Waals surface area contributed by atoms with E-state index < -0.39 is 9.73 Å². The maximum absolute atomic E-state index is 12.6. The van der Waals surface area contributed by atoms with Crippen LogP contribution in [0, 0.1) is 0 Å². The lowest BCUT2D eigenvalue weighted by Gasteiger charge is -2.30. The Kier molecular flexibility index (Phi) is 5.34. The van der Waals surface area contributed by atoms with Crippen LogP contribution in [0.1, 0.15) is 6.92 Å². The van der Waals surface area contributed by atoms with E-state index >= 15 is 0 Å². The second kappa shape index (κ2) is 8.18. The number of carbonyl (C=O) groups excluding carboxylic acids is 1. The van der Waals surface area contributed by atoms with E-state index in [2.05, 4.69) is 35.5 Å². The van der Waals surface area contributed by atoms with Gasteiger partial charge in [-0.1, -0.05) is 15.9 Å². The van der Waals surface area contributed by atoms with Gasteiger partial charge in [0.15, 0.2) is 11.5 Å². The van der Waals surface area contributed by atoms with Crippen molar-refractivity contribution in [3.8, 4) is 0 Å². The fraction of sp³-hybridized carbons (Fsp3) is 0.227. The third kappa shape index (κ3) is 4.07. The number of fused-ring (bicyclic) bond motifs is 3. The van der Waals surface area contributed by atoms with Crippen LogP contribution >= 0.6 is 15.9 Å². The van der Waals surface area contributed by atoms with Crippen molar-refractivity contribution in [3.05, 3.63) is 59.3 Å². The minimum absolute atomic E-state index is 0.361. The summed E-state index contributed by atoms with van der Waals surface area (Å²) in [5, 5.41) is 3.38. The van der Waals surface area contributed by atoms with Crippen LogP contribution in [0.5, 0.6) is 0 Å². The van der Waals surface area contributed by atoms with Crippen LogP contribution in [0.4, 0.5) is 17.2 Å². The number of anilines is 3. The molecule has 0 spiro atoms. The SMILES string of the molecule is CC(=O)N=S1(=O)CCN(c2ccc(Nc3nc4ccc(Br)cc4n4ccnc34)cc2)CC1. The molecule has 1 aliphatic heterocycles. The van der Waals surface area contributed by atoms with Crippen LogP contribution in [-0.4, -0.2) is 49.1 Å². The highest BCUT2D eigenvalue weighted by atomic mass is 79.9. The van der Waals surface area contributed by atoms with Crippen molar-refractivity contribution >= 4 is 65.4 Å². The van der Waals surface area contributed by atoms with Gasteiger partial charge >= 0.3 is 0 Å². The van der Waals surface area contributed by atoms with Gasteiger partial charge in [-0.2, -0.15) is 4.36 Å². The number of nitrogens with one attached hydrogen (secondary N) is 1. The van der Waals surface area contributed by atoms with Crippen molar-refractivity contribution in [1.82, 2.24) is 14.4 Å². The molecule has 1 saturated heterocycles. The molecule has 1 amide bonds. The Morgan fingerprint density at radius 3 is 2.62 bits per heavy atom. The molecule has 1 fully saturated rings. The molecule has 1 aliphatic rings. The van der Waals surface area contributed by atoms with E-state index in [1.54, 1.807) is 6.20 Å². The molecular formula is C22H21BrN6O2S. The van der Waals surface area contributed by atoms with Crippen LogP contribution < -0.4 is 10.2 Å². The van der Waals surface area contributed by atoms with E-state index in [0.29, 0.717) is 30.4 Å². The summed E-state index contributed by atoms with van der Waals surface area (Å²) < 4.78 is 19.4. The fourth-order valence-electron chi connectivity index (χ4n) is 3.91. The molecule has 0 atom stereocenters. The lowest BCUT2D eigenvalue weighted by atomic mass is 10.2. The number of halogens is 1. The molecule has 0 bridgehead atoms. The topological polar surface area (TPSA) is 92.0 Å². The Morgan fingerprint density at radius 2 is 1.91 bits per heavy atom. The van der Waals surface area contributed by atoms with Crippen LogP contribution in [-0.2, 0) is 14.5 Å². The Morgan fingerprint density at radius 1 is 1.16 bits per heavy atom. The molecule has 0 aliphatic carbocycles. The number of amides is 1. The van der Waals surface area contributed by atoms with Crippen molar-refractivity contribution < 1.29 is 9.00 Å². The van der Waals surface area contributed by atoms with E-state index in [-0.39, 0.29) is 5.91 Å². The smallest absolute Gasteiger partial charge is 0.250 e. The number of imidazole rings is 1. The lowest BCUT2D eigenvalue weighted by molar-refractivity contribution is -0.115. The molecule has 4 aromatic rings. The zero-order chi connectivity index (χ0) is 22.3. The fourth-order valence-corrected chi connectivity index (χ4v) is 6.12. The first-order chi connectivity index (χ1) is 15.4. The maximum atomic E-state index is 12.6. The summed E-state index contributed by atoms with van der Waals surface area (Å²) in [7, 11) is -2.41. The van der Waals surface area contributed by atoms with Gasteiger partial charge in [0.1, 0.15) is 0 Å². The number of carbonyl (C=O) groups is 1. The van der Waals surface area contributed by atoms with Crippen LogP contribution in [0.25, 0.3) is 16.7 Å². The summed E-state index contributed by atoms with van der Waals surface area (Å²) in [5.41, 5.74) is 4.54. The molecular weight excluding hydrogens is 492 g/mol. The number of aromatic nitrogens is 3. The summed E-state index contributed by atoms with van der Waals surface area (Å²) >= 11 is 3.52. The van der Waals surface area contributed by atoms with Gasteiger partial charge in [0, 0.05) is 59.8 Å². The van der Waals surface area contributed by atoms with Crippen molar-refractivity contribution in [2.75, 3.05) is 34.8 Å². The van der Waals surface area contributed by atoms with Crippen LogP contribution in [0.15, 0.2) is 63.7 Å². The average molecular weight is 513 g/mol. The molecule has 164 valence electrons. The number of nitrogens with zero attached hydrogens (tertiary/aromatic N) is 5. The van der Waals surface area contributed by atoms with Gasteiger partial charge in [0.2, 0.25) is 0 Å². The van der Waals surface area contributed by atoms with Crippen LogP contribution in [0.2, 0.25) is 0 Å². The number of hydrogen-bond donors (Lipinski definition) is 1. The van der Waals surface area contributed by atoms with E-state index in [0.717, 1.165) is 32.5 Å². The van der Waals surface area contributed by atoms with Gasteiger partial charge in [0.05, 0.1) is 20.8 Å². The summed E-state index contributed by atoms with van der Waals surface area (Å²) in [6.45, 7) is 2.57. The molecule has 0 unspecified atom stereocenters. The normalized spacial score (nSPS) is 15.8. The highest BCUT2D eigenvalue weighted by molar-refractivity contribution is 9.10. The molecule has 3 heterocycles. The third-order valence-corrected chi connectivity index (χ3v) is 8.16. The Hall–Kier alpha value is -2.98. The molecule has 2 aromatic heterocycles. The Balaban J connectivity index is 1.37. The summed E-state index contributed by atoms with van der Waals surface area (Å²) in [6.07, 6.45) is 3.69. The van der Waals surface area contributed by atoms with Gasteiger partial charge in [-0.05, 0) is 42.5 Å². The quantitative estimate of drug-likeness (QED) is 0.441. The first-order valence-corrected chi connectivity index (χ1v) is 12.8. The lowest BCUT2D eigenvalue weighted by Crippen LogP contribution is -2.40. The zero-order valence-corrected chi connectivity index (χ0v) is 19.8. The Labute approximate surface area is 194 Å². The molecule has 0 saturated carbocycles. The largest absolute Gasteiger partial charge is 0.370 e. The minimum Gasteiger partial charge on any atom is -0.370 e. The molecule has 0 radical (unpaired) electrons. The Bertz CT molecular complexity index is 1440. The van der Waals surface area contributed by atoms with Gasteiger partial charge < -0.3 is 10.2 Å². The second-order valence-electron chi connectivity index (χ2n) is 7.66. The maximum Gasteiger partial charge on any atom is 0.250 e. The van der Waals surface area contributed by atoms with Crippen molar-refractivity contribution in [1.29, 1.82) is 0 Å². The second-order valence-corrected chi connectivity index (χ2v) is 11.1. The average Bonchev–Trinajstić information content (AvgIpc) is 3.25. The molecule has 32 heavy (non-hydrogen) atoms. The van der Waals surface area contributed by atoms with Crippen molar-refractivity contribution in [2.24, 2.45) is 4.36 Å².